The number of carbonyl (C=O) groups is 1. The summed E-state index contributed by atoms with van der Waals surface area (Å²) < 4.78 is 1.73. The molecule has 1 aromatic heterocycles. The maximum absolute atomic E-state index is 13.6. The molecule has 2 aliphatic heterocycles. The zero-order chi connectivity index (χ0) is 23.4. The van der Waals surface area contributed by atoms with Crippen molar-refractivity contribution in [1.29, 1.82) is 0 Å². The van der Waals surface area contributed by atoms with Gasteiger partial charge in [-0.1, -0.05) is 31.4 Å². The number of hydrogen-bond acceptors (Lipinski definition) is 6. The minimum Gasteiger partial charge on any atom is -0.479 e. The van der Waals surface area contributed by atoms with Crippen LogP contribution in [0.4, 0.5) is 0 Å². The minimum atomic E-state index is -1.79. The van der Waals surface area contributed by atoms with Crippen LogP contribution >= 0.6 is 0 Å². The van der Waals surface area contributed by atoms with Crippen LogP contribution in [-0.4, -0.2) is 43.7 Å². The summed E-state index contributed by atoms with van der Waals surface area (Å²) in [5.41, 5.74) is 0.463. The molecule has 0 spiro atoms. The van der Waals surface area contributed by atoms with E-state index in [0.717, 1.165) is 37.5 Å². The summed E-state index contributed by atoms with van der Waals surface area (Å²) in [4.78, 5) is 43.6. The number of carboxylic acid groups (broad SMARTS) is 1. The van der Waals surface area contributed by atoms with Crippen LogP contribution in [0.25, 0.3) is 11.0 Å². The first kappa shape index (κ1) is 21.9. The maximum atomic E-state index is 13.6. The Kier molecular flexibility index (Phi) is 5.51. The van der Waals surface area contributed by atoms with Crippen molar-refractivity contribution in [2.24, 2.45) is 17.0 Å². The van der Waals surface area contributed by atoms with Crippen molar-refractivity contribution in [2.75, 3.05) is 0 Å². The molecule has 4 aliphatic rings. The lowest BCUT2D eigenvalue weighted by Gasteiger charge is -2.49. The predicted molar refractivity (Wildman–Crippen MR) is 128 cm³/mol. The summed E-state index contributed by atoms with van der Waals surface area (Å²) in [7, 11) is 0. The molecule has 0 radical (unpaired) electrons. The van der Waals surface area contributed by atoms with Crippen molar-refractivity contribution >= 4 is 17.0 Å². The second-order valence-corrected chi connectivity index (χ2v) is 11.0. The van der Waals surface area contributed by atoms with E-state index in [1.807, 2.05) is 18.2 Å². The zero-order valence-corrected chi connectivity index (χ0v) is 19.4. The Labute approximate surface area is 198 Å². The Morgan fingerprint density at radius 1 is 0.941 bits per heavy atom. The van der Waals surface area contributed by atoms with Gasteiger partial charge in [0.05, 0.1) is 11.0 Å². The Morgan fingerprint density at radius 2 is 1.62 bits per heavy atom. The van der Waals surface area contributed by atoms with Gasteiger partial charge >= 0.3 is 5.97 Å². The lowest BCUT2D eigenvalue weighted by atomic mass is 9.69. The molecule has 4 fully saturated rings. The highest BCUT2D eigenvalue weighted by atomic mass is 16.4. The SMILES string of the molecule is O=NC(C(=O)O)c1nc2ccccc2n(C2CC3CCC(C2)N3C2CC3CCCC(C3)C2)c1=O. The molecule has 2 aliphatic carbocycles. The molecule has 5 atom stereocenters. The summed E-state index contributed by atoms with van der Waals surface area (Å²) in [5, 5.41) is 12.2. The van der Waals surface area contributed by atoms with Gasteiger partial charge in [0.1, 0.15) is 5.69 Å². The maximum Gasteiger partial charge on any atom is 0.338 e. The number of nitroso groups, excluding NO2 is 1. The highest BCUT2D eigenvalue weighted by Crippen LogP contribution is 2.48. The Morgan fingerprint density at radius 3 is 2.26 bits per heavy atom. The molecular formula is C26H32N4O4. The Hall–Kier alpha value is -2.61. The van der Waals surface area contributed by atoms with E-state index in [-0.39, 0.29) is 11.7 Å². The van der Waals surface area contributed by atoms with Gasteiger partial charge in [-0.25, -0.2) is 9.78 Å². The van der Waals surface area contributed by atoms with E-state index in [2.05, 4.69) is 15.1 Å². The molecule has 3 heterocycles. The summed E-state index contributed by atoms with van der Waals surface area (Å²) in [5.74, 6) is 0.319. The fraction of sp³-hybridized carbons (Fsp3) is 0.654. The van der Waals surface area contributed by atoms with Crippen molar-refractivity contribution in [1.82, 2.24) is 14.5 Å². The molecule has 34 heavy (non-hydrogen) atoms. The molecule has 2 saturated carbocycles. The van der Waals surface area contributed by atoms with Gasteiger partial charge in [0.25, 0.3) is 5.56 Å². The Balaban J connectivity index is 1.35. The van der Waals surface area contributed by atoms with Gasteiger partial charge in [-0.3, -0.25) is 9.69 Å². The molecule has 2 saturated heterocycles. The first-order valence-corrected chi connectivity index (χ1v) is 12.9. The first-order valence-electron chi connectivity index (χ1n) is 12.9. The first-order chi connectivity index (χ1) is 16.5. The van der Waals surface area contributed by atoms with Crippen molar-refractivity contribution in [2.45, 2.75) is 94.4 Å². The number of rotatable bonds is 5. The van der Waals surface area contributed by atoms with Gasteiger partial charge in [-0.05, 0) is 74.1 Å². The number of piperidine rings is 1. The third-order valence-corrected chi connectivity index (χ3v) is 9.07. The lowest BCUT2D eigenvalue weighted by molar-refractivity contribution is -0.138. The lowest BCUT2D eigenvalue weighted by Crippen LogP contribution is -2.52. The summed E-state index contributed by atoms with van der Waals surface area (Å²) in [6.45, 7) is 0. The van der Waals surface area contributed by atoms with E-state index in [9.17, 15) is 19.6 Å². The number of fused-ring (bicyclic) bond motifs is 5. The van der Waals surface area contributed by atoms with E-state index in [1.54, 1.807) is 10.6 Å². The van der Waals surface area contributed by atoms with Gasteiger partial charge in [0.15, 0.2) is 0 Å². The van der Waals surface area contributed by atoms with Crippen LogP contribution in [0, 0.1) is 16.7 Å². The molecular weight excluding hydrogens is 432 g/mol. The van der Waals surface area contributed by atoms with Gasteiger partial charge in [-0.2, -0.15) is 0 Å². The third kappa shape index (κ3) is 3.58. The number of aliphatic carboxylic acids is 1. The van der Waals surface area contributed by atoms with Crippen molar-refractivity contribution in [3.63, 3.8) is 0 Å². The quantitative estimate of drug-likeness (QED) is 0.657. The summed E-state index contributed by atoms with van der Waals surface area (Å²) >= 11 is 0. The van der Waals surface area contributed by atoms with Crippen LogP contribution in [-0.2, 0) is 4.79 Å². The topological polar surface area (TPSA) is 105 Å². The predicted octanol–water partition coefficient (Wildman–Crippen LogP) is 4.43. The normalized spacial score (nSPS) is 34.1. The number of nitrogens with zero attached hydrogens (tertiary/aromatic N) is 4. The molecule has 180 valence electrons. The van der Waals surface area contributed by atoms with E-state index < -0.39 is 17.6 Å². The van der Waals surface area contributed by atoms with Gasteiger partial charge < -0.3 is 9.67 Å². The number of hydrogen-bond donors (Lipinski definition) is 1. The number of aromatic nitrogens is 2. The standard InChI is InChI=1S/C26H32N4O4/c31-25-23(24(28-34)26(32)33)27-21-6-1-2-7-22(21)30(25)20-13-17-8-9-18(14-20)29(17)19-11-15-4-3-5-16(10-15)12-19/h1-2,6-7,15-20,24H,3-5,8-14H2,(H,32,33). The van der Waals surface area contributed by atoms with E-state index in [1.165, 1.54) is 38.5 Å². The number of benzene rings is 1. The zero-order valence-electron chi connectivity index (χ0n) is 19.4. The van der Waals surface area contributed by atoms with Crippen molar-refractivity contribution in [3.05, 3.63) is 45.2 Å². The summed E-state index contributed by atoms with van der Waals surface area (Å²) in [6.07, 6.45) is 12.3. The van der Waals surface area contributed by atoms with E-state index >= 15 is 0 Å². The molecule has 8 heteroatoms. The monoisotopic (exact) mass is 464 g/mol. The fourth-order valence-corrected chi connectivity index (χ4v) is 7.86. The second-order valence-electron chi connectivity index (χ2n) is 11.0. The van der Waals surface area contributed by atoms with Gasteiger partial charge in [-0.15, -0.1) is 4.91 Å². The molecule has 4 bridgehead atoms. The van der Waals surface area contributed by atoms with Crippen LogP contribution in [0.5, 0.6) is 0 Å². The van der Waals surface area contributed by atoms with Crippen LogP contribution in [0.15, 0.2) is 34.2 Å². The molecule has 2 aromatic rings. The second kappa shape index (κ2) is 8.56. The van der Waals surface area contributed by atoms with E-state index in [4.69, 9.17) is 0 Å². The largest absolute Gasteiger partial charge is 0.479 e. The average molecular weight is 465 g/mol. The Bertz CT molecular complexity index is 1150. The van der Waals surface area contributed by atoms with Crippen LogP contribution in [0.3, 0.4) is 0 Å². The molecule has 0 amide bonds. The highest BCUT2D eigenvalue weighted by molar-refractivity contribution is 5.78. The third-order valence-electron chi connectivity index (χ3n) is 9.07. The smallest absolute Gasteiger partial charge is 0.338 e. The summed E-state index contributed by atoms with van der Waals surface area (Å²) in [6, 6.07) is 7.07. The van der Waals surface area contributed by atoms with Crippen LogP contribution in [0.2, 0.25) is 0 Å². The highest BCUT2D eigenvalue weighted by Gasteiger charge is 2.47. The van der Waals surface area contributed by atoms with Crippen molar-refractivity contribution in [3.8, 4) is 0 Å². The minimum absolute atomic E-state index is 0.0305. The molecule has 8 nitrogen and oxygen atoms in total. The average Bonchev–Trinajstić information content (AvgIpc) is 3.09. The molecule has 6 rings (SSSR count). The van der Waals surface area contributed by atoms with Gasteiger partial charge in [0, 0.05) is 24.2 Å². The number of para-hydroxylation sites is 2. The van der Waals surface area contributed by atoms with Crippen LogP contribution in [0.1, 0.15) is 82.0 Å². The number of carboxylic acids is 1. The fourth-order valence-electron chi connectivity index (χ4n) is 7.86. The van der Waals surface area contributed by atoms with Gasteiger partial charge in [0.2, 0.25) is 6.04 Å². The molecule has 5 unspecified atom stereocenters. The molecule has 1 aromatic carbocycles. The van der Waals surface area contributed by atoms with Crippen LogP contribution < -0.4 is 5.56 Å². The van der Waals surface area contributed by atoms with E-state index in [0.29, 0.717) is 29.2 Å². The molecule has 1 N–H and O–H groups in total. The van der Waals surface area contributed by atoms with Crippen molar-refractivity contribution < 1.29 is 9.90 Å².